The van der Waals surface area contributed by atoms with E-state index in [4.69, 9.17) is 14.2 Å². The van der Waals surface area contributed by atoms with Gasteiger partial charge in [-0.2, -0.15) is 0 Å². The van der Waals surface area contributed by atoms with Gasteiger partial charge in [-0.05, 0) is 25.5 Å². The quantitative estimate of drug-likeness (QED) is 0.525. The molecule has 0 unspecified atom stereocenters. The standard InChI is InChI=1S/C13H21BO5/c1-10(2)19-7-6-18-9-11-4-5-13(17-3)12(8-11)14(15)16/h4-5,8,10,15-16H,6-7,9H2,1-3H3. The summed E-state index contributed by atoms with van der Waals surface area (Å²) in [4.78, 5) is 0. The molecule has 0 radical (unpaired) electrons. The van der Waals surface area contributed by atoms with E-state index in [1.807, 2.05) is 19.9 Å². The van der Waals surface area contributed by atoms with Crippen molar-refractivity contribution in [2.75, 3.05) is 20.3 Å². The lowest BCUT2D eigenvalue weighted by molar-refractivity contribution is 0.0143. The van der Waals surface area contributed by atoms with Gasteiger partial charge in [0.05, 0.1) is 33.0 Å². The second-order valence-corrected chi connectivity index (χ2v) is 4.42. The fourth-order valence-corrected chi connectivity index (χ4v) is 1.61. The molecule has 0 aliphatic carbocycles. The van der Waals surface area contributed by atoms with Crippen molar-refractivity contribution in [3.8, 4) is 5.75 Å². The molecule has 0 saturated carbocycles. The van der Waals surface area contributed by atoms with Gasteiger partial charge in [-0.25, -0.2) is 0 Å². The summed E-state index contributed by atoms with van der Waals surface area (Å²) in [5.74, 6) is 0.446. The Balaban J connectivity index is 2.48. The van der Waals surface area contributed by atoms with Gasteiger partial charge >= 0.3 is 7.12 Å². The van der Waals surface area contributed by atoms with Crippen LogP contribution in [0, 0.1) is 0 Å². The minimum absolute atomic E-state index is 0.195. The van der Waals surface area contributed by atoms with Crippen LogP contribution in [-0.2, 0) is 16.1 Å². The van der Waals surface area contributed by atoms with E-state index < -0.39 is 7.12 Å². The van der Waals surface area contributed by atoms with Crippen LogP contribution in [0.25, 0.3) is 0 Å². The number of methoxy groups -OCH3 is 1. The number of benzene rings is 1. The average Bonchev–Trinajstić information content (AvgIpc) is 2.37. The first kappa shape index (κ1) is 16.0. The maximum Gasteiger partial charge on any atom is 0.492 e. The number of ether oxygens (including phenoxy) is 3. The summed E-state index contributed by atoms with van der Waals surface area (Å²) < 4.78 is 15.9. The molecule has 106 valence electrons. The van der Waals surface area contributed by atoms with Gasteiger partial charge in [0.25, 0.3) is 0 Å². The second-order valence-electron chi connectivity index (χ2n) is 4.42. The summed E-state index contributed by atoms with van der Waals surface area (Å²) in [6.07, 6.45) is 0.195. The van der Waals surface area contributed by atoms with Crippen LogP contribution in [0.15, 0.2) is 18.2 Å². The Morgan fingerprint density at radius 1 is 1.21 bits per heavy atom. The third-order valence-corrected chi connectivity index (χ3v) is 2.52. The molecule has 0 heterocycles. The summed E-state index contributed by atoms with van der Waals surface area (Å²) in [5, 5.41) is 18.5. The van der Waals surface area contributed by atoms with E-state index in [0.29, 0.717) is 31.0 Å². The Labute approximate surface area is 114 Å². The first-order valence-electron chi connectivity index (χ1n) is 6.27. The molecule has 0 bridgehead atoms. The van der Waals surface area contributed by atoms with Gasteiger partial charge in [0, 0.05) is 5.46 Å². The summed E-state index contributed by atoms with van der Waals surface area (Å²) in [6, 6.07) is 5.18. The van der Waals surface area contributed by atoms with Crippen LogP contribution in [0.3, 0.4) is 0 Å². The molecular formula is C13H21BO5. The Morgan fingerprint density at radius 2 is 1.95 bits per heavy atom. The minimum Gasteiger partial charge on any atom is -0.497 e. The van der Waals surface area contributed by atoms with E-state index in [-0.39, 0.29) is 6.10 Å². The van der Waals surface area contributed by atoms with Crippen molar-refractivity contribution in [1.29, 1.82) is 0 Å². The third kappa shape index (κ3) is 5.61. The summed E-state index contributed by atoms with van der Waals surface area (Å²) in [5.41, 5.74) is 1.19. The monoisotopic (exact) mass is 268 g/mol. The number of hydrogen-bond acceptors (Lipinski definition) is 5. The van der Waals surface area contributed by atoms with Crippen LogP contribution in [0.2, 0.25) is 0 Å². The van der Waals surface area contributed by atoms with Crippen molar-refractivity contribution in [3.63, 3.8) is 0 Å². The molecular weight excluding hydrogens is 247 g/mol. The van der Waals surface area contributed by atoms with Gasteiger partial charge in [0.1, 0.15) is 5.75 Å². The summed E-state index contributed by atoms with van der Waals surface area (Å²) in [6.45, 7) is 5.38. The van der Waals surface area contributed by atoms with Gasteiger partial charge in [-0.15, -0.1) is 0 Å². The Hall–Kier alpha value is -1.08. The lowest BCUT2D eigenvalue weighted by Gasteiger charge is -2.11. The average molecular weight is 268 g/mol. The summed E-state index contributed by atoms with van der Waals surface area (Å²) in [7, 11) is -0.0696. The van der Waals surface area contributed by atoms with E-state index >= 15 is 0 Å². The normalized spacial score (nSPS) is 10.8. The van der Waals surface area contributed by atoms with Crippen LogP contribution >= 0.6 is 0 Å². The van der Waals surface area contributed by atoms with E-state index in [2.05, 4.69) is 0 Å². The molecule has 1 aromatic carbocycles. The second kappa shape index (κ2) is 8.17. The Kier molecular flexibility index (Phi) is 6.87. The van der Waals surface area contributed by atoms with Crippen molar-refractivity contribution in [1.82, 2.24) is 0 Å². The number of hydrogen-bond donors (Lipinski definition) is 2. The fourth-order valence-electron chi connectivity index (χ4n) is 1.61. The highest BCUT2D eigenvalue weighted by molar-refractivity contribution is 6.59. The zero-order valence-corrected chi connectivity index (χ0v) is 11.6. The maximum absolute atomic E-state index is 9.25. The van der Waals surface area contributed by atoms with Crippen molar-refractivity contribution < 1.29 is 24.3 Å². The van der Waals surface area contributed by atoms with Crippen LogP contribution in [0.1, 0.15) is 19.4 Å². The van der Waals surface area contributed by atoms with Gasteiger partial charge in [-0.3, -0.25) is 0 Å². The van der Waals surface area contributed by atoms with E-state index in [0.717, 1.165) is 5.56 Å². The Morgan fingerprint density at radius 3 is 2.53 bits per heavy atom. The van der Waals surface area contributed by atoms with Crippen molar-refractivity contribution in [2.24, 2.45) is 0 Å². The van der Waals surface area contributed by atoms with E-state index in [1.54, 1.807) is 12.1 Å². The summed E-state index contributed by atoms with van der Waals surface area (Å²) >= 11 is 0. The zero-order valence-electron chi connectivity index (χ0n) is 11.6. The molecule has 1 rings (SSSR count). The highest BCUT2D eigenvalue weighted by Gasteiger charge is 2.17. The minimum atomic E-state index is -1.56. The predicted molar refractivity (Wildman–Crippen MR) is 73.6 cm³/mol. The van der Waals surface area contributed by atoms with Gasteiger partial charge < -0.3 is 24.3 Å². The highest BCUT2D eigenvalue weighted by Crippen LogP contribution is 2.10. The van der Waals surface area contributed by atoms with Crippen molar-refractivity contribution in [2.45, 2.75) is 26.6 Å². The molecule has 0 atom stereocenters. The molecule has 0 aliphatic heterocycles. The molecule has 0 saturated heterocycles. The molecule has 6 heteroatoms. The first-order chi connectivity index (χ1) is 9.04. The maximum atomic E-state index is 9.25. The molecule has 0 amide bonds. The van der Waals surface area contributed by atoms with E-state index in [1.165, 1.54) is 7.11 Å². The van der Waals surface area contributed by atoms with Gasteiger partial charge in [0.15, 0.2) is 0 Å². The highest BCUT2D eigenvalue weighted by atomic mass is 16.5. The third-order valence-electron chi connectivity index (χ3n) is 2.52. The van der Waals surface area contributed by atoms with Gasteiger partial charge in [-0.1, -0.05) is 12.1 Å². The molecule has 0 aliphatic rings. The van der Waals surface area contributed by atoms with Crippen molar-refractivity contribution >= 4 is 12.6 Å². The number of rotatable bonds is 8. The molecule has 5 nitrogen and oxygen atoms in total. The zero-order chi connectivity index (χ0) is 14.3. The van der Waals surface area contributed by atoms with E-state index in [9.17, 15) is 10.0 Å². The predicted octanol–water partition coefficient (Wildman–Crippen LogP) is 0.317. The lowest BCUT2D eigenvalue weighted by Crippen LogP contribution is -2.31. The van der Waals surface area contributed by atoms with Crippen LogP contribution in [0.5, 0.6) is 5.75 Å². The van der Waals surface area contributed by atoms with Crippen LogP contribution < -0.4 is 10.2 Å². The Bertz CT molecular complexity index is 381. The van der Waals surface area contributed by atoms with Crippen LogP contribution in [-0.4, -0.2) is 43.6 Å². The molecule has 2 N–H and O–H groups in total. The molecule has 0 fully saturated rings. The molecule has 0 spiro atoms. The molecule has 0 aromatic heterocycles. The topological polar surface area (TPSA) is 68.2 Å². The fraction of sp³-hybridized carbons (Fsp3) is 0.538. The molecule has 1 aromatic rings. The first-order valence-corrected chi connectivity index (χ1v) is 6.27. The van der Waals surface area contributed by atoms with Crippen molar-refractivity contribution in [3.05, 3.63) is 23.8 Å². The van der Waals surface area contributed by atoms with Gasteiger partial charge in [0.2, 0.25) is 0 Å². The van der Waals surface area contributed by atoms with Crippen LogP contribution in [0.4, 0.5) is 0 Å². The smallest absolute Gasteiger partial charge is 0.492 e. The lowest BCUT2D eigenvalue weighted by atomic mass is 9.79. The largest absolute Gasteiger partial charge is 0.497 e. The molecule has 19 heavy (non-hydrogen) atoms. The SMILES string of the molecule is COc1ccc(COCCOC(C)C)cc1B(O)O.